The zero-order valence-electron chi connectivity index (χ0n) is 10.7. The van der Waals surface area contributed by atoms with Gasteiger partial charge in [0.1, 0.15) is 17.3 Å². The maximum absolute atomic E-state index is 13.8. The Morgan fingerprint density at radius 3 is 2.32 bits per heavy atom. The zero-order chi connectivity index (χ0) is 13.8. The fourth-order valence-corrected chi connectivity index (χ4v) is 1.67. The zero-order valence-corrected chi connectivity index (χ0v) is 10.7. The number of ether oxygens (including phenoxy) is 2. The van der Waals surface area contributed by atoms with Gasteiger partial charge in [0, 0.05) is 17.8 Å². The van der Waals surface area contributed by atoms with Crippen LogP contribution in [0.5, 0.6) is 11.5 Å². The highest BCUT2D eigenvalue weighted by atomic mass is 19.1. The van der Waals surface area contributed by atoms with Crippen LogP contribution >= 0.6 is 0 Å². The summed E-state index contributed by atoms with van der Waals surface area (Å²) < 4.78 is 23.9. The summed E-state index contributed by atoms with van der Waals surface area (Å²) in [7, 11) is 3.08. The van der Waals surface area contributed by atoms with Gasteiger partial charge in [-0.3, -0.25) is 0 Å². The first kappa shape index (κ1) is 13.0. The summed E-state index contributed by atoms with van der Waals surface area (Å²) in [5.41, 5.74) is 6.93. The second-order valence-corrected chi connectivity index (χ2v) is 3.93. The van der Waals surface area contributed by atoms with Gasteiger partial charge < -0.3 is 20.5 Å². The van der Waals surface area contributed by atoms with Crippen molar-refractivity contribution in [1.29, 1.82) is 0 Å². The van der Waals surface area contributed by atoms with Crippen molar-refractivity contribution in [3.8, 4) is 11.5 Å². The number of hydrogen-bond acceptors (Lipinski definition) is 4. The first-order chi connectivity index (χ1) is 9.13. The molecule has 2 aromatic carbocycles. The van der Waals surface area contributed by atoms with E-state index in [-0.39, 0.29) is 5.69 Å². The molecular weight excluding hydrogens is 247 g/mol. The van der Waals surface area contributed by atoms with Gasteiger partial charge in [-0.25, -0.2) is 4.39 Å². The number of halogens is 1. The quantitative estimate of drug-likeness (QED) is 0.831. The van der Waals surface area contributed by atoms with Crippen LogP contribution in [0.1, 0.15) is 0 Å². The van der Waals surface area contributed by atoms with E-state index in [1.165, 1.54) is 19.2 Å². The molecule has 0 spiro atoms. The van der Waals surface area contributed by atoms with E-state index in [9.17, 15) is 4.39 Å². The van der Waals surface area contributed by atoms with Crippen LogP contribution in [0.15, 0.2) is 36.4 Å². The van der Waals surface area contributed by atoms with Gasteiger partial charge >= 0.3 is 0 Å². The Balaban J connectivity index is 2.26. The van der Waals surface area contributed by atoms with Crippen molar-refractivity contribution in [2.24, 2.45) is 0 Å². The van der Waals surface area contributed by atoms with Crippen molar-refractivity contribution >= 4 is 17.1 Å². The molecule has 2 rings (SSSR count). The maximum atomic E-state index is 13.8. The van der Waals surface area contributed by atoms with Crippen molar-refractivity contribution in [3.63, 3.8) is 0 Å². The number of methoxy groups -OCH3 is 2. The Bertz CT molecular complexity index is 570. The standard InChI is InChI=1S/C14H15FN2O2/c1-18-10-5-3-9(4-6-10)17-13-8-14(19-2)12(16)7-11(13)15/h3-8,17H,16H2,1-2H3. The minimum Gasteiger partial charge on any atom is -0.497 e. The molecular formula is C14H15FN2O2. The summed E-state index contributed by atoms with van der Waals surface area (Å²) in [6, 6.07) is 9.91. The fourth-order valence-electron chi connectivity index (χ4n) is 1.67. The van der Waals surface area contributed by atoms with Crippen LogP contribution in [-0.2, 0) is 0 Å². The molecule has 4 nitrogen and oxygen atoms in total. The molecule has 0 aliphatic carbocycles. The van der Waals surface area contributed by atoms with Crippen LogP contribution in [0.2, 0.25) is 0 Å². The molecule has 100 valence electrons. The van der Waals surface area contributed by atoms with Crippen molar-refractivity contribution in [2.75, 3.05) is 25.3 Å². The lowest BCUT2D eigenvalue weighted by Crippen LogP contribution is -1.98. The van der Waals surface area contributed by atoms with Crippen LogP contribution in [0.4, 0.5) is 21.5 Å². The predicted octanol–water partition coefficient (Wildman–Crippen LogP) is 3.17. The lowest BCUT2D eigenvalue weighted by atomic mass is 10.2. The first-order valence-electron chi connectivity index (χ1n) is 5.68. The van der Waals surface area contributed by atoms with Gasteiger partial charge in [0.25, 0.3) is 0 Å². The maximum Gasteiger partial charge on any atom is 0.148 e. The van der Waals surface area contributed by atoms with Gasteiger partial charge in [0.2, 0.25) is 0 Å². The molecule has 0 heterocycles. The highest BCUT2D eigenvalue weighted by molar-refractivity contribution is 5.67. The van der Waals surface area contributed by atoms with Crippen LogP contribution in [0.3, 0.4) is 0 Å². The Kier molecular flexibility index (Phi) is 3.75. The van der Waals surface area contributed by atoms with Crippen molar-refractivity contribution in [2.45, 2.75) is 0 Å². The van der Waals surface area contributed by atoms with E-state index in [1.807, 2.05) is 0 Å². The molecule has 0 saturated heterocycles. The Labute approximate surface area is 111 Å². The molecule has 0 atom stereocenters. The first-order valence-corrected chi connectivity index (χ1v) is 5.68. The minimum absolute atomic E-state index is 0.264. The van der Waals surface area contributed by atoms with Gasteiger partial charge in [-0.1, -0.05) is 0 Å². The topological polar surface area (TPSA) is 56.5 Å². The van der Waals surface area contributed by atoms with E-state index in [0.717, 1.165) is 11.4 Å². The largest absolute Gasteiger partial charge is 0.497 e. The van der Waals surface area contributed by atoms with Crippen LogP contribution in [0.25, 0.3) is 0 Å². The van der Waals surface area contributed by atoms with Crippen molar-refractivity contribution < 1.29 is 13.9 Å². The summed E-state index contributed by atoms with van der Waals surface area (Å²) >= 11 is 0. The fraction of sp³-hybridized carbons (Fsp3) is 0.143. The van der Waals surface area contributed by atoms with Crippen molar-refractivity contribution in [1.82, 2.24) is 0 Å². The third kappa shape index (κ3) is 2.88. The Morgan fingerprint density at radius 2 is 1.74 bits per heavy atom. The van der Waals surface area contributed by atoms with E-state index in [2.05, 4.69) is 5.32 Å². The number of rotatable bonds is 4. The van der Waals surface area contributed by atoms with E-state index >= 15 is 0 Å². The van der Waals surface area contributed by atoms with Crippen LogP contribution in [-0.4, -0.2) is 14.2 Å². The van der Waals surface area contributed by atoms with Gasteiger partial charge in [0.15, 0.2) is 0 Å². The summed E-state index contributed by atoms with van der Waals surface area (Å²) in [6.07, 6.45) is 0. The smallest absolute Gasteiger partial charge is 0.148 e. The average molecular weight is 262 g/mol. The molecule has 3 N–H and O–H groups in total. The average Bonchev–Trinajstić information content (AvgIpc) is 2.42. The number of nitrogen functional groups attached to an aromatic ring is 1. The lowest BCUT2D eigenvalue weighted by molar-refractivity contribution is 0.415. The molecule has 0 amide bonds. The SMILES string of the molecule is COc1ccc(Nc2cc(OC)c(N)cc2F)cc1. The predicted molar refractivity (Wildman–Crippen MR) is 73.6 cm³/mol. The Hall–Kier alpha value is -2.43. The van der Waals surface area contributed by atoms with Gasteiger partial charge in [-0.05, 0) is 24.3 Å². The summed E-state index contributed by atoms with van der Waals surface area (Å²) in [4.78, 5) is 0. The summed E-state index contributed by atoms with van der Waals surface area (Å²) in [6.45, 7) is 0. The number of nitrogens with one attached hydrogen (secondary N) is 1. The van der Waals surface area contributed by atoms with Gasteiger partial charge in [0.05, 0.1) is 25.6 Å². The molecule has 0 bridgehead atoms. The van der Waals surface area contributed by atoms with Crippen LogP contribution in [0, 0.1) is 5.82 Å². The summed E-state index contributed by atoms with van der Waals surface area (Å²) in [5, 5.41) is 2.96. The van der Waals surface area contributed by atoms with Crippen LogP contribution < -0.4 is 20.5 Å². The minimum atomic E-state index is -0.436. The lowest BCUT2D eigenvalue weighted by Gasteiger charge is -2.11. The molecule has 0 aliphatic rings. The third-order valence-electron chi connectivity index (χ3n) is 2.69. The molecule has 19 heavy (non-hydrogen) atoms. The molecule has 2 aromatic rings. The molecule has 0 aromatic heterocycles. The van der Waals surface area contributed by atoms with E-state index in [1.54, 1.807) is 31.4 Å². The molecule has 5 heteroatoms. The van der Waals surface area contributed by atoms with Gasteiger partial charge in [-0.2, -0.15) is 0 Å². The number of benzene rings is 2. The second-order valence-electron chi connectivity index (χ2n) is 3.93. The highest BCUT2D eigenvalue weighted by Gasteiger charge is 2.08. The highest BCUT2D eigenvalue weighted by Crippen LogP contribution is 2.30. The molecule has 0 unspecified atom stereocenters. The number of nitrogens with two attached hydrogens (primary N) is 1. The Morgan fingerprint density at radius 1 is 1.05 bits per heavy atom. The van der Waals surface area contributed by atoms with E-state index in [0.29, 0.717) is 11.4 Å². The van der Waals surface area contributed by atoms with Gasteiger partial charge in [-0.15, -0.1) is 0 Å². The summed E-state index contributed by atoms with van der Waals surface area (Å²) in [5.74, 6) is 0.729. The van der Waals surface area contributed by atoms with Crippen molar-refractivity contribution in [3.05, 3.63) is 42.2 Å². The molecule has 0 fully saturated rings. The molecule has 0 aliphatic heterocycles. The monoisotopic (exact) mass is 262 g/mol. The number of hydrogen-bond donors (Lipinski definition) is 2. The second kappa shape index (κ2) is 5.48. The number of anilines is 3. The molecule has 0 saturated carbocycles. The normalized spacial score (nSPS) is 10.1. The van der Waals surface area contributed by atoms with E-state index in [4.69, 9.17) is 15.2 Å². The van der Waals surface area contributed by atoms with E-state index < -0.39 is 5.82 Å². The third-order valence-corrected chi connectivity index (χ3v) is 2.69. The molecule has 0 radical (unpaired) electrons.